The number of esters is 1. The van der Waals surface area contributed by atoms with Crippen molar-refractivity contribution in [3.8, 4) is 17.2 Å². The highest BCUT2D eigenvalue weighted by Crippen LogP contribution is 2.28. The Labute approximate surface area is 202 Å². The Morgan fingerprint density at radius 2 is 1.66 bits per heavy atom. The van der Waals surface area contributed by atoms with Crippen molar-refractivity contribution in [2.75, 3.05) is 19.0 Å². The third-order valence-corrected chi connectivity index (χ3v) is 4.57. The number of nitrogens with one attached hydrogen (secondary N) is 2. The number of methoxy groups -OCH3 is 1. The van der Waals surface area contributed by atoms with Crippen LogP contribution in [0.3, 0.4) is 0 Å². The van der Waals surface area contributed by atoms with Gasteiger partial charge >= 0.3 is 17.8 Å². The Bertz CT molecular complexity index is 1190. The predicted molar refractivity (Wildman–Crippen MR) is 131 cm³/mol. The van der Waals surface area contributed by atoms with Gasteiger partial charge < -0.3 is 19.5 Å². The van der Waals surface area contributed by atoms with Crippen LogP contribution in [-0.4, -0.2) is 37.7 Å². The number of ether oxygens (including phenoxy) is 3. The third kappa shape index (κ3) is 7.43. The van der Waals surface area contributed by atoms with Crippen LogP contribution in [-0.2, 0) is 9.59 Å². The van der Waals surface area contributed by atoms with E-state index >= 15 is 0 Å². The molecule has 0 heterocycles. The van der Waals surface area contributed by atoms with E-state index in [0.717, 1.165) is 6.42 Å². The summed E-state index contributed by atoms with van der Waals surface area (Å²) in [6, 6.07) is 20.0. The zero-order valence-corrected chi connectivity index (χ0v) is 19.3. The normalized spacial score (nSPS) is 10.5. The van der Waals surface area contributed by atoms with E-state index in [1.54, 1.807) is 72.8 Å². The van der Waals surface area contributed by atoms with Crippen molar-refractivity contribution in [2.45, 2.75) is 13.3 Å². The Morgan fingerprint density at radius 3 is 2.34 bits per heavy atom. The average molecular weight is 476 g/mol. The van der Waals surface area contributed by atoms with Crippen LogP contribution in [0.5, 0.6) is 17.2 Å². The Balaban J connectivity index is 1.58. The second-order valence-electron chi connectivity index (χ2n) is 7.19. The first kappa shape index (κ1) is 25.0. The third-order valence-electron chi connectivity index (χ3n) is 4.57. The maximum absolute atomic E-state index is 12.5. The van der Waals surface area contributed by atoms with Crippen molar-refractivity contribution < 1.29 is 28.6 Å². The Kier molecular flexibility index (Phi) is 8.95. The minimum absolute atomic E-state index is 0.215. The van der Waals surface area contributed by atoms with Gasteiger partial charge in [-0.25, -0.2) is 10.2 Å². The van der Waals surface area contributed by atoms with Gasteiger partial charge in [-0.15, -0.1) is 0 Å². The summed E-state index contributed by atoms with van der Waals surface area (Å²) in [5, 5.41) is 6.25. The second-order valence-corrected chi connectivity index (χ2v) is 7.19. The van der Waals surface area contributed by atoms with E-state index in [9.17, 15) is 14.4 Å². The fraction of sp³-hybridized carbons (Fsp3) is 0.154. The van der Waals surface area contributed by atoms with E-state index in [2.05, 4.69) is 15.8 Å². The quantitative estimate of drug-likeness (QED) is 0.160. The van der Waals surface area contributed by atoms with Crippen LogP contribution in [0.1, 0.15) is 29.3 Å². The van der Waals surface area contributed by atoms with E-state index in [0.29, 0.717) is 34.9 Å². The molecule has 3 rings (SSSR count). The van der Waals surface area contributed by atoms with Gasteiger partial charge in [-0.05, 0) is 66.6 Å². The first-order chi connectivity index (χ1) is 17.0. The number of para-hydroxylation sites is 1. The highest BCUT2D eigenvalue weighted by atomic mass is 16.6. The minimum atomic E-state index is -0.922. The molecule has 35 heavy (non-hydrogen) atoms. The SMILES string of the molecule is CCCOc1ccc(C(=O)Oc2ccc(/C=N\NC(=O)C(=O)Nc3ccccc3)cc2OC)cc1. The molecule has 0 radical (unpaired) electrons. The fourth-order valence-corrected chi connectivity index (χ4v) is 2.84. The van der Waals surface area contributed by atoms with Crippen molar-refractivity contribution in [2.24, 2.45) is 5.10 Å². The molecule has 2 amide bonds. The van der Waals surface area contributed by atoms with Crippen molar-refractivity contribution >= 4 is 29.7 Å². The van der Waals surface area contributed by atoms with Gasteiger partial charge in [0.05, 0.1) is 25.5 Å². The second kappa shape index (κ2) is 12.5. The smallest absolute Gasteiger partial charge is 0.343 e. The molecule has 9 heteroatoms. The number of carbonyl (C=O) groups excluding carboxylic acids is 3. The lowest BCUT2D eigenvalue weighted by Crippen LogP contribution is -2.32. The van der Waals surface area contributed by atoms with Gasteiger partial charge in [-0.2, -0.15) is 5.10 Å². The van der Waals surface area contributed by atoms with Crippen LogP contribution in [0.2, 0.25) is 0 Å². The van der Waals surface area contributed by atoms with Crippen LogP contribution in [0, 0.1) is 0 Å². The number of anilines is 1. The molecule has 0 spiro atoms. The fourth-order valence-electron chi connectivity index (χ4n) is 2.84. The van der Waals surface area contributed by atoms with Crippen LogP contribution in [0.25, 0.3) is 0 Å². The topological polar surface area (TPSA) is 115 Å². The number of nitrogens with zero attached hydrogens (tertiary/aromatic N) is 1. The molecule has 0 aliphatic rings. The molecular formula is C26H25N3O6. The summed E-state index contributed by atoms with van der Waals surface area (Å²) in [6.45, 7) is 2.61. The number of hydrazone groups is 1. The standard InChI is InChI=1S/C26H25N3O6/c1-3-15-34-21-12-10-19(11-13-21)26(32)35-22-14-9-18(16-23(22)33-2)17-27-29-25(31)24(30)28-20-7-5-4-6-8-20/h4-14,16-17H,3,15H2,1-2H3,(H,28,30)(H,29,31)/b27-17-. The first-order valence-corrected chi connectivity index (χ1v) is 10.8. The average Bonchev–Trinajstić information content (AvgIpc) is 2.88. The number of amides is 2. The van der Waals surface area contributed by atoms with Crippen molar-refractivity contribution in [3.05, 3.63) is 83.9 Å². The van der Waals surface area contributed by atoms with Gasteiger partial charge in [0.15, 0.2) is 11.5 Å². The molecule has 0 aromatic heterocycles. The summed E-state index contributed by atoms with van der Waals surface area (Å²) in [6.07, 6.45) is 2.22. The van der Waals surface area contributed by atoms with E-state index in [-0.39, 0.29) is 5.75 Å². The molecule has 2 N–H and O–H groups in total. The van der Waals surface area contributed by atoms with E-state index < -0.39 is 17.8 Å². The monoisotopic (exact) mass is 475 g/mol. The van der Waals surface area contributed by atoms with Crippen LogP contribution >= 0.6 is 0 Å². The Morgan fingerprint density at radius 1 is 0.914 bits per heavy atom. The molecule has 3 aromatic rings. The van der Waals surface area contributed by atoms with Gasteiger partial charge in [0.1, 0.15) is 5.75 Å². The lowest BCUT2D eigenvalue weighted by atomic mass is 10.2. The summed E-state index contributed by atoms with van der Waals surface area (Å²) < 4.78 is 16.3. The lowest BCUT2D eigenvalue weighted by Gasteiger charge is -2.10. The van der Waals surface area contributed by atoms with Crippen LogP contribution in [0.15, 0.2) is 77.9 Å². The molecule has 0 aliphatic heterocycles. The van der Waals surface area contributed by atoms with Gasteiger partial charge in [0.2, 0.25) is 0 Å². The predicted octanol–water partition coefficient (Wildman–Crippen LogP) is 3.79. The Hall–Kier alpha value is -4.66. The maximum atomic E-state index is 12.5. The van der Waals surface area contributed by atoms with Crippen molar-refractivity contribution in [1.82, 2.24) is 5.43 Å². The molecule has 0 unspecified atom stereocenters. The molecule has 0 saturated carbocycles. The highest BCUT2D eigenvalue weighted by molar-refractivity contribution is 6.39. The summed E-state index contributed by atoms with van der Waals surface area (Å²) >= 11 is 0. The van der Waals surface area contributed by atoms with Crippen molar-refractivity contribution in [1.29, 1.82) is 0 Å². The summed E-state index contributed by atoms with van der Waals surface area (Å²) in [5.74, 6) is -1.14. The molecule has 3 aromatic carbocycles. The van der Waals surface area contributed by atoms with Crippen LogP contribution in [0.4, 0.5) is 5.69 Å². The number of hydrogen-bond acceptors (Lipinski definition) is 7. The number of benzene rings is 3. The van der Waals surface area contributed by atoms with E-state index in [4.69, 9.17) is 14.2 Å². The molecule has 0 atom stereocenters. The van der Waals surface area contributed by atoms with Gasteiger partial charge in [-0.3, -0.25) is 9.59 Å². The number of hydrogen-bond donors (Lipinski definition) is 2. The van der Waals surface area contributed by atoms with Crippen LogP contribution < -0.4 is 25.0 Å². The molecule has 9 nitrogen and oxygen atoms in total. The van der Waals surface area contributed by atoms with Gasteiger partial charge in [0, 0.05) is 5.69 Å². The highest BCUT2D eigenvalue weighted by Gasteiger charge is 2.14. The molecule has 0 fully saturated rings. The van der Waals surface area contributed by atoms with E-state index in [1.807, 2.05) is 6.92 Å². The molecule has 0 bridgehead atoms. The first-order valence-electron chi connectivity index (χ1n) is 10.8. The van der Waals surface area contributed by atoms with Gasteiger partial charge in [-0.1, -0.05) is 25.1 Å². The maximum Gasteiger partial charge on any atom is 0.343 e. The van der Waals surface area contributed by atoms with Gasteiger partial charge in [0.25, 0.3) is 0 Å². The summed E-state index contributed by atoms with van der Waals surface area (Å²) in [5.41, 5.74) is 3.55. The molecule has 0 saturated heterocycles. The molecule has 0 aliphatic carbocycles. The zero-order valence-electron chi connectivity index (χ0n) is 19.3. The minimum Gasteiger partial charge on any atom is -0.494 e. The zero-order chi connectivity index (χ0) is 25.0. The summed E-state index contributed by atoms with van der Waals surface area (Å²) in [4.78, 5) is 36.3. The molecule has 180 valence electrons. The largest absolute Gasteiger partial charge is 0.494 e. The van der Waals surface area contributed by atoms with E-state index in [1.165, 1.54) is 13.3 Å². The van der Waals surface area contributed by atoms with Crippen molar-refractivity contribution in [3.63, 3.8) is 0 Å². The summed E-state index contributed by atoms with van der Waals surface area (Å²) in [7, 11) is 1.43. The number of rotatable bonds is 9. The molecular weight excluding hydrogens is 450 g/mol. The number of carbonyl (C=O) groups is 3. The lowest BCUT2D eigenvalue weighted by molar-refractivity contribution is -0.136.